The minimum Gasteiger partial charge on any atom is -0.357 e. The molecule has 10 heteroatoms. The number of alkyl halides is 3. The Morgan fingerprint density at radius 2 is 1.88 bits per heavy atom. The molecular weight excluding hydrogens is 439 g/mol. The molecule has 0 radical (unpaired) electrons. The summed E-state index contributed by atoms with van der Waals surface area (Å²) in [6, 6.07) is 9.55. The highest BCUT2D eigenvalue weighted by Gasteiger charge is 2.52. The molecule has 1 heterocycles. The van der Waals surface area contributed by atoms with Crippen molar-refractivity contribution in [3.63, 3.8) is 0 Å². The molecule has 7 nitrogen and oxygen atoms in total. The minimum absolute atomic E-state index is 0.0403. The molecule has 2 aromatic carbocycles. The van der Waals surface area contributed by atoms with Gasteiger partial charge >= 0.3 is 12.1 Å². The predicted octanol–water partition coefficient (Wildman–Crippen LogP) is 5.16. The van der Waals surface area contributed by atoms with Crippen molar-refractivity contribution in [1.29, 1.82) is 0 Å². The van der Waals surface area contributed by atoms with Gasteiger partial charge in [-0.25, -0.2) is 0 Å². The number of carbonyl (C=O) groups is 2. The van der Waals surface area contributed by atoms with Crippen LogP contribution in [-0.2, 0) is 9.59 Å². The summed E-state index contributed by atoms with van der Waals surface area (Å²) in [5, 5.41) is 14.4. The van der Waals surface area contributed by atoms with Crippen LogP contribution in [0.2, 0.25) is 0 Å². The van der Waals surface area contributed by atoms with Crippen LogP contribution >= 0.6 is 0 Å². The molecule has 33 heavy (non-hydrogen) atoms. The first-order chi connectivity index (χ1) is 15.4. The molecular formula is C23H20F3N3O4. The van der Waals surface area contributed by atoms with Gasteiger partial charge in [0.15, 0.2) is 0 Å². The Bertz CT molecular complexity index is 1190. The molecule has 0 fully saturated rings. The number of rotatable bonds is 2. The van der Waals surface area contributed by atoms with E-state index in [1.165, 1.54) is 36.4 Å². The van der Waals surface area contributed by atoms with Gasteiger partial charge in [0, 0.05) is 24.3 Å². The molecule has 1 N–H and O–H groups in total. The Morgan fingerprint density at radius 1 is 1.18 bits per heavy atom. The zero-order valence-corrected chi connectivity index (χ0v) is 17.7. The van der Waals surface area contributed by atoms with Gasteiger partial charge in [0.2, 0.25) is 0 Å². The van der Waals surface area contributed by atoms with Crippen molar-refractivity contribution in [2.45, 2.75) is 32.5 Å². The van der Waals surface area contributed by atoms with Crippen molar-refractivity contribution in [3.8, 4) is 0 Å². The Hall–Kier alpha value is -3.69. The molecule has 2 aromatic rings. The van der Waals surface area contributed by atoms with Crippen LogP contribution in [0.15, 0.2) is 60.3 Å². The normalized spacial score (nSPS) is 21.8. The smallest absolute Gasteiger partial charge is 0.357 e. The SMILES string of the molecule is CC1(C)C=C2Nc3ccccc3N(C(=O)C(F)(F)F)C(c3cccc([N+](=O)[O-])c3)C2C(=O)C1. The van der Waals surface area contributed by atoms with Gasteiger partial charge in [-0.1, -0.05) is 44.2 Å². The summed E-state index contributed by atoms with van der Waals surface area (Å²) in [5.74, 6) is -3.69. The lowest BCUT2D eigenvalue weighted by atomic mass is 9.72. The second-order valence-corrected chi connectivity index (χ2v) is 8.82. The van der Waals surface area contributed by atoms with Crippen LogP contribution in [0, 0.1) is 21.4 Å². The van der Waals surface area contributed by atoms with Gasteiger partial charge in [0.25, 0.3) is 5.69 Å². The van der Waals surface area contributed by atoms with Crippen LogP contribution in [0.25, 0.3) is 0 Å². The van der Waals surface area contributed by atoms with Crippen molar-refractivity contribution in [2.75, 3.05) is 10.2 Å². The van der Waals surface area contributed by atoms with Gasteiger partial charge in [-0.15, -0.1) is 0 Å². The van der Waals surface area contributed by atoms with E-state index in [4.69, 9.17) is 0 Å². The van der Waals surface area contributed by atoms with Gasteiger partial charge < -0.3 is 5.32 Å². The summed E-state index contributed by atoms with van der Waals surface area (Å²) in [7, 11) is 0. The lowest BCUT2D eigenvalue weighted by molar-refractivity contribution is -0.384. The van der Waals surface area contributed by atoms with Gasteiger partial charge in [0.1, 0.15) is 5.78 Å². The number of non-ortho nitro benzene ring substituents is 1. The highest BCUT2D eigenvalue weighted by molar-refractivity contribution is 6.03. The Balaban J connectivity index is 2.04. The van der Waals surface area contributed by atoms with E-state index < -0.39 is 34.4 Å². The summed E-state index contributed by atoms with van der Waals surface area (Å²) in [5.41, 5.74) is -0.350. The Labute approximate surface area is 187 Å². The van der Waals surface area contributed by atoms with E-state index in [0.717, 1.165) is 6.07 Å². The fourth-order valence-electron chi connectivity index (χ4n) is 4.53. The number of allylic oxidation sites excluding steroid dienone is 1. The highest BCUT2D eigenvalue weighted by Crippen LogP contribution is 2.49. The van der Waals surface area contributed by atoms with Crippen molar-refractivity contribution >= 4 is 28.8 Å². The number of hydrogen-bond acceptors (Lipinski definition) is 5. The average Bonchev–Trinajstić information content (AvgIpc) is 2.85. The van der Waals surface area contributed by atoms with E-state index >= 15 is 0 Å². The molecule has 0 saturated heterocycles. The molecule has 0 bridgehead atoms. The Kier molecular flexibility index (Phi) is 5.26. The first-order valence-corrected chi connectivity index (χ1v) is 10.2. The second kappa shape index (κ2) is 7.72. The lowest BCUT2D eigenvalue weighted by Gasteiger charge is -2.39. The summed E-state index contributed by atoms with van der Waals surface area (Å²) >= 11 is 0. The molecule has 2 aliphatic rings. The number of amides is 1. The number of nitrogens with zero attached hydrogens (tertiary/aromatic N) is 2. The molecule has 2 unspecified atom stereocenters. The summed E-state index contributed by atoms with van der Waals surface area (Å²) < 4.78 is 41.3. The fraction of sp³-hybridized carbons (Fsp3) is 0.304. The third kappa shape index (κ3) is 4.08. The molecule has 1 aliphatic heterocycles. The van der Waals surface area contributed by atoms with E-state index in [1.54, 1.807) is 12.1 Å². The number of hydrogen-bond donors (Lipinski definition) is 1. The number of nitro groups is 1. The van der Waals surface area contributed by atoms with Crippen LogP contribution in [0.1, 0.15) is 31.9 Å². The highest BCUT2D eigenvalue weighted by atomic mass is 19.4. The van der Waals surface area contributed by atoms with Crippen LogP contribution in [0.3, 0.4) is 0 Å². The standard InChI is InChI=1S/C23H20F3N3O4/c1-22(2)11-16-19(18(30)12-22)20(13-6-5-7-14(10-13)29(32)33)28(21(31)23(24,25)26)17-9-4-3-8-15(17)27-16/h3-11,19-20,27H,12H2,1-2H3. The zero-order valence-electron chi connectivity index (χ0n) is 17.7. The monoisotopic (exact) mass is 459 g/mol. The average molecular weight is 459 g/mol. The molecule has 0 aromatic heterocycles. The predicted molar refractivity (Wildman–Crippen MR) is 114 cm³/mol. The van der Waals surface area contributed by atoms with E-state index in [1.807, 2.05) is 13.8 Å². The maximum Gasteiger partial charge on any atom is 0.471 e. The first-order valence-electron chi connectivity index (χ1n) is 10.2. The number of anilines is 2. The molecule has 172 valence electrons. The molecule has 1 aliphatic carbocycles. The maximum atomic E-state index is 13.8. The summed E-state index contributed by atoms with van der Waals surface area (Å²) in [6.07, 6.45) is -3.42. The lowest BCUT2D eigenvalue weighted by Crippen LogP contribution is -2.48. The Morgan fingerprint density at radius 3 is 2.55 bits per heavy atom. The van der Waals surface area contributed by atoms with Crippen molar-refractivity contribution in [2.24, 2.45) is 11.3 Å². The number of halogens is 3. The van der Waals surface area contributed by atoms with Crippen molar-refractivity contribution < 1.29 is 27.7 Å². The van der Waals surface area contributed by atoms with E-state index in [-0.39, 0.29) is 34.8 Å². The van der Waals surface area contributed by atoms with Gasteiger partial charge in [-0.3, -0.25) is 24.6 Å². The van der Waals surface area contributed by atoms with Crippen LogP contribution < -0.4 is 10.2 Å². The van der Waals surface area contributed by atoms with Crippen molar-refractivity contribution in [1.82, 2.24) is 0 Å². The third-order valence-corrected chi connectivity index (χ3v) is 5.78. The van der Waals surface area contributed by atoms with E-state index in [9.17, 15) is 32.9 Å². The number of para-hydroxylation sites is 2. The van der Waals surface area contributed by atoms with Crippen LogP contribution in [0.4, 0.5) is 30.2 Å². The van der Waals surface area contributed by atoms with Gasteiger partial charge in [-0.2, -0.15) is 13.2 Å². The van der Waals surface area contributed by atoms with Gasteiger partial charge in [-0.05, 0) is 23.1 Å². The van der Waals surface area contributed by atoms with E-state index in [2.05, 4.69) is 5.32 Å². The van der Waals surface area contributed by atoms with Crippen molar-refractivity contribution in [3.05, 3.63) is 76.0 Å². The van der Waals surface area contributed by atoms with Crippen LogP contribution in [0.5, 0.6) is 0 Å². The number of nitro benzene ring substituents is 1. The quantitative estimate of drug-likeness (QED) is 0.495. The molecule has 1 amide bonds. The van der Waals surface area contributed by atoms with Gasteiger partial charge in [0.05, 0.1) is 28.3 Å². The molecule has 0 saturated carbocycles. The second-order valence-electron chi connectivity index (χ2n) is 8.82. The molecule has 4 rings (SSSR count). The number of nitrogens with one attached hydrogen (secondary N) is 1. The largest absolute Gasteiger partial charge is 0.471 e. The number of carbonyl (C=O) groups excluding carboxylic acids is 2. The third-order valence-electron chi connectivity index (χ3n) is 5.78. The molecule has 2 atom stereocenters. The zero-order chi connectivity index (χ0) is 24.1. The summed E-state index contributed by atoms with van der Waals surface area (Å²) in [6.45, 7) is 3.65. The number of benzene rings is 2. The van der Waals surface area contributed by atoms with E-state index in [0.29, 0.717) is 10.6 Å². The minimum atomic E-state index is -5.24. The summed E-state index contributed by atoms with van der Waals surface area (Å²) in [4.78, 5) is 37.3. The number of Topliss-reactive ketones (excluding diaryl/α,β-unsaturated/α-hetero) is 1. The molecule has 0 spiro atoms. The maximum absolute atomic E-state index is 13.8. The number of ketones is 1. The van der Waals surface area contributed by atoms with Crippen LogP contribution in [-0.4, -0.2) is 22.8 Å². The fourth-order valence-corrected chi connectivity index (χ4v) is 4.53. The topological polar surface area (TPSA) is 92.6 Å². The number of fused-ring (bicyclic) bond motifs is 2. The first kappa shape index (κ1) is 22.5.